The van der Waals surface area contributed by atoms with Gasteiger partial charge in [-0.05, 0) is 25.7 Å². The quantitative estimate of drug-likeness (QED) is 0.830. The zero-order valence-electron chi connectivity index (χ0n) is 9.89. The Bertz CT molecular complexity index is 340. The standard InChI is InChI=1S/C11H19N3O2/c1-3-9-6-14(5-4-11(9)15)7-10-8(2)12-16-13-10/h9,11,15H,3-7H2,1-2H3. The average Bonchev–Trinajstić information content (AvgIpc) is 2.67. The predicted molar refractivity (Wildman–Crippen MR) is 58.7 cm³/mol. The van der Waals surface area contributed by atoms with Crippen LogP contribution in [0.4, 0.5) is 0 Å². The van der Waals surface area contributed by atoms with Crippen LogP contribution in [-0.2, 0) is 6.54 Å². The summed E-state index contributed by atoms with van der Waals surface area (Å²) in [7, 11) is 0. The van der Waals surface area contributed by atoms with Crippen molar-refractivity contribution >= 4 is 0 Å². The van der Waals surface area contributed by atoms with Crippen molar-refractivity contribution in [3.8, 4) is 0 Å². The highest BCUT2D eigenvalue weighted by Crippen LogP contribution is 2.21. The van der Waals surface area contributed by atoms with Gasteiger partial charge in [-0.15, -0.1) is 0 Å². The van der Waals surface area contributed by atoms with Gasteiger partial charge >= 0.3 is 0 Å². The van der Waals surface area contributed by atoms with Gasteiger partial charge in [0.1, 0.15) is 11.4 Å². The molecule has 0 spiro atoms. The minimum absolute atomic E-state index is 0.141. The van der Waals surface area contributed by atoms with Crippen molar-refractivity contribution in [2.45, 2.75) is 39.3 Å². The lowest BCUT2D eigenvalue weighted by Crippen LogP contribution is -2.42. The first-order valence-electron chi connectivity index (χ1n) is 5.89. The molecule has 2 atom stereocenters. The average molecular weight is 225 g/mol. The SMILES string of the molecule is CCC1CN(Cc2nonc2C)CCC1O. The van der Waals surface area contributed by atoms with Gasteiger partial charge in [-0.25, -0.2) is 4.63 Å². The molecule has 0 amide bonds. The van der Waals surface area contributed by atoms with Crippen molar-refractivity contribution in [2.24, 2.45) is 5.92 Å². The number of aliphatic hydroxyl groups excluding tert-OH is 1. The van der Waals surface area contributed by atoms with E-state index in [1.165, 1.54) is 0 Å². The Balaban J connectivity index is 1.94. The van der Waals surface area contributed by atoms with E-state index in [2.05, 4.69) is 26.8 Å². The van der Waals surface area contributed by atoms with Crippen LogP contribution in [0.3, 0.4) is 0 Å². The highest BCUT2D eigenvalue weighted by Gasteiger charge is 2.27. The molecule has 16 heavy (non-hydrogen) atoms. The zero-order chi connectivity index (χ0) is 11.5. The number of rotatable bonds is 3. The van der Waals surface area contributed by atoms with Crippen LogP contribution in [0.2, 0.25) is 0 Å². The zero-order valence-corrected chi connectivity index (χ0v) is 9.89. The van der Waals surface area contributed by atoms with Gasteiger partial charge in [0, 0.05) is 19.6 Å². The summed E-state index contributed by atoms with van der Waals surface area (Å²) in [6, 6.07) is 0. The van der Waals surface area contributed by atoms with Crippen LogP contribution in [0.25, 0.3) is 0 Å². The van der Waals surface area contributed by atoms with Crippen molar-refractivity contribution in [1.82, 2.24) is 15.2 Å². The third kappa shape index (κ3) is 2.41. The molecule has 0 radical (unpaired) electrons. The van der Waals surface area contributed by atoms with Gasteiger partial charge in [-0.3, -0.25) is 4.90 Å². The summed E-state index contributed by atoms with van der Waals surface area (Å²) < 4.78 is 4.69. The molecule has 0 aliphatic carbocycles. The molecule has 0 saturated carbocycles. The third-order valence-electron chi connectivity index (χ3n) is 3.42. The molecule has 2 heterocycles. The molecule has 1 aliphatic heterocycles. The fourth-order valence-corrected chi connectivity index (χ4v) is 2.24. The third-order valence-corrected chi connectivity index (χ3v) is 3.42. The van der Waals surface area contributed by atoms with Gasteiger partial charge in [0.25, 0.3) is 0 Å². The van der Waals surface area contributed by atoms with E-state index in [-0.39, 0.29) is 6.10 Å². The molecular formula is C11H19N3O2. The Labute approximate surface area is 95.4 Å². The molecule has 0 aromatic carbocycles. The number of piperidine rings is 1. The maximum absolute atomic E-state index is 9.79. The van der Waals surface area contributed by atoms with Crippen molar-refractivity contribution < 1.29 is 9.74 Å². The van der Waals surface area contributed by atoms with Crippen LogP contribution >= 0.6 is 0 Å². The fraction of sp³-hybridized carbons (Fsp3) is 0.818. The predicted octanol–water partition coefficient (Wildman–Crippen LogP) is 0.971. The van der Waals surface area contributed by atoms with Gasteiger partial charge in [0.2, 0.25) is 0 Å². The van der Waals surface area contributed by atoms with Crippen LogP contribution in [0.15, 0.2) is 4.63 Å². The van der Waals surface area contributed by atoms with E-state index in [0.717, 1.165) is 43.9 Å². The van der Waals surface area contributed by atoms with E-state index < -0.39 is 0 Å². The summed E-state index contributed by atoms with van der Waals surface area (Å²) in [5, 5.41) is 17.5. The number of aryl methyl sites for hydroxylation is 1. The molecule has 90 valence electrons. The smallest absolute Gasteiger partial charge is 0.122 e. The van der Waals surface area contributed by atoms with Crippen LogP contribution in [0.1, 0.15) is 31.2 Å². The number of likely N-dealkylation sites (tertiary alicyclic amines) is 1. The van der Waals surface area contributed by atoms with Gasteiger partial charge < -0.3 is 5.11 Å². The number of hydrogen-bond acceptors (Lipinski definition) is 5. The van der Waals surface area contributed by atoms with Gasteiger partial charge in [0.15, 0.2) is 0 Å². The molecule has 1 aliphatic rings. The first-order valence-corrected chi connectivity index (χ1v) is 5.89. The number of aliphatic hydroxyl groups is 1. The molecular weight excluding hydrogens is 206 g/mol. The molecule has 5 nitrogen and oxygen atoms in total. The number of aromatic nitrogens is 2. The lowest BCUT2D eigenvalue weighted by atomic mass is 9.92. The van der Waals surface area contributed by atoms with E-state index in [1.807, 2.05) is 6.92 Å². The topological polar surface area (TPSA) is 62.4 Å². The van der Waals surface area contributed by atoms with Crippen molar-refractivity contribution in [1.29, 1.82) is 0 Å². The van der Waals surface area contributed by atoms with Crippen molar-refractivity contribution in [3.05, 3.63) is 11.4 Å². The van der Waals surface area contributed by atoms with Crippen LogP contribution in [0, 0.1) is 12.8 Å². The summed E-state index contributed by atoms with van der Waals surface area (Å²) in [4.78, 5) is 2.31. The fourth-order valence-electron chi connectivity index (χ4n) is 2.24. The maximum atomic E-state index is 9.79. The molecule has 1 aromatic rings. The molecule has 5 heteroatoms. The summed E-state index contributed by atoms with van der Waals surface area (Å²) in [6.07, 6.45) is 1.73. The lowest BCUT2D eigenvalue weighted by molar-refractivity contribution is 0.0214. The van der Waals surface area contributed by atoms with E-state index in [4.69, 9.17) is 0 Å². The van der Waals surface area contributed by atoms with Gasteiger partial charge in [0.05, 0.1) is 6.10 Å². The van der Waals surface area contributed by atoms with Crippen LogP contribution < -0.4 is 0 Å². The van der Waals surface area contributed by atoms with E-state index in [9.17, 15) is 5.11 Å². The molecule has 2 rings (SSSR count). The highest BCUT2D eigenvalue weighted by molar-refractivity contribution is 5.04. The lowest BCUT2D eigenvalue weighted by Gasteiger charge is -2.35. The van der Waals surface area contributed by atoms with E-state index in [0.29, 0.717) is 5.92 Å². The summed E-state index contributed by atoms with van der Waals surface area (Å²) in [5.41, 5.74) is 1.77. The van der Waals surface area contributed by atoms with Crippen LogP contribution in [0.5, 0.6) is 0 Å². The van der Waals surface area contributed by atoms with Crippen molar-refractivity contribution in [2.75, 3.05) is 13.1 Å². The Morgan fingerprint density at radius 2 is 2.31 bits per heavy atom. The Hall–Kier alpha value is -0.940. The number of nitrogens with zero attached hydrogens (tertiary/aromatic N) is 3. The van der Waals surface area contributed by atoms with E-state index in [1.54, 1.807) is 0 Å². The molecule has 2 unspecified atom stereocenters. The Kier molecular flexibility index (Phi) is 3.56. The summed E-state index contributed by atoms with van der Waals surface area (Å²) in [6.45, 7) is 6.66. The largest absolute Gasteiger partial charge is 0.393 e. The van der Waals surface area contributed by atoms with Gasteiger partial charge in [-0.1, -0.05) is 17.2 Å². The minimum atomic E-state index is -0.141. The normalized spacial score (nSPS) is 27.2. The Morgan fingerprint density at radius 1 is 1.50 bits per heavy atom. The van der Waals surface area contributed by atoms with Crippen molar-refractivity contribution in [3.63, 3.8) is 0 Å². The Morgan fingerprint density at radius 3 is 2.94 bits per heavy atom. The maximum Gasteiger partial charge on any atom is 0.122 e. The first kappa shape index (κ1) is 11.5. The minimum Gasteiger partial charge on any atom is -0.393 e. The second kappa shape index (κ2) is 4.93. The molecule has 1 saturated heterocycles. The molecule has 1 N–H and O–H groups in total. The van der Waals surface area contributed by atoms with Crippen LogP contribution in [-0.4, -0.2) is 39.5 Å². The summed E-state index contributed by atoms with van der Waals surface area (Å²) >= 11 is 0. The molecule has 0 bridgehead atoms. The molecule has 1 aromatic heterocycles. The second-order valence-electron chi connectivity index (χ2n) is 4.56. The van der Waals surface area contributed by atoms with E-state index >= 15 is 0 Å². The first-order chi connectivity index (χ1) is 7.70. The monoisotopic (exact) mass is 225 g/mol. The number of hydrogen-bond donors (Lipinski definition) is 1. The second-order valence-corrected chi connectivity index (χ2v) is 4.56. The highest BCUT2D eigenvalue weighted by atomic mass is 16.6. The summed E-state index contributed by atoms with van der Waals surface area (Å²) in [5.74, 6) is 0.383. The van der Waals surface area contributed by atoms with Gasteiger partial charge in [-0.2, -0.15) is 0 Å². The molecule has 1 fully saturated rings.